The quantitative estimate of drug-likeness (QED) is 0.616. The Bertz CT molecular complexity index is 700. The van der Waals surface area contributed by atoms with Gasteiger partial charge in [-0.15, -0.1) is 0 Å². The molecule has 3 rings (SSSR count). The van der Waals surface area contributed by atoms with E-state index in [1.807, 2.05) is 36.4 Å². The molecular formula is C19H22N2O3. The summed E-state index contributed by atoms with van der Waals surface area (Å²) in [7, 11) is 0. The van der Waals surface area contributed by atoms with Crippen molar-refractivity contribution < 1.29 is 14.7 Å². The van der Waals surface area contributed by atoms with Gasteiger partial charge in [-0.05, 0) is 36.2 Å². The number of hydrogen-bond donors (Lipinski definition) is 2. The molecule has 0 bridgehead atoms. The number of unbranched alkanes of at least 4 members (excludes halogenated alkanes) is 2. The van der Waals surface area contributed by atoms with Crippen molar-refractivity contribution in [3.8, 4) is 5.75 Å². The van der Waals surface area contributed by atoms with Crippen LogP contribution >= 0.6 is 0 Å². The Morgan fingerprint density at radius 2 is 1.88 bits per heavy atom. The Kier molecular flexibility index (Phi) is 5.01. The number of ether oxygens (including phenoxy) is 1. The SMILES string of the molecule is CCCCCOc1ccc([C@H]2Nc3ccccc3C(=O)N2O)cc1. The van der Waals surface area contributed by atoms with Gasteiger partial charge in [0.1, 0.15) is 5.75 Å². The van der Waals surface area contributed by atoms with Crippen molar-refractivity contribution >= 4 is 11.6 Å². The number of nitrogens with one attached hydrogen (secondary N) is 1. The highest BCUT2D eigenvalue weighted by atomic mass is 16.5. The third kappa shape index (κ3) is 3.36. The largest absolute Gasteiger partial charge is 0.494 e. The molecule has 1 atom stereocenters. The maximum absolute atomic E-state index is 12.3. The number of anilines is 1. The molecule has 0 aromatic heterocycles. The van der Waals surface area contributed by atoms with Gasteiger partial charge >= 0.3 is 0 Å². The molecule has 1 aliphatic heterocycles. The van der Waals surface area contributed by atoms with E-state index in [9.17, 15) is 10.0 Å². The Labute approximate surface area is 141 Å². The van der Waals surface area contributed by atoms with Crippen LogP contribution in [0.1, 0.15) is 48.3 Å². The van der Waals surface area contributed by atoms with Crippen molar-refractivity contribution in [2.75, 3.05) is 11.9 Å². The van der Waals surface area contributed by atoms with Crippen molar-refractivity contribution in [3.63, 3.8) is 0 Å². The minimum absolute atomic E-state index is 0.408. The summed E-state index contributed by atoms with van der Waals surface area (Å²) in [6, 6.07) is 14.6. The lowest BCUT2D eigenvalue weighted by atomic mass is 10.1. The summed E-state index contributed by atoms with van der Waals surface area (Å²) < 4.78 is 5.69. The van der Waals surface area contributed by atoms with Gasteiger partial charge in [0.2, 0.25) is 0 Å². The first-order chi connectivity index (χ1) is 11.7. The van der Waals surface area contributed by atoms with E-state index >= 15 is 0 Å². The van der Waals surface area contributed by atoms with E-state index < -0.39 is 12.1 Å². The van der Waals surface area contributed by atoms with Gasteiger partial charge < -0.3 is 10.1 Å². The molecule has 5 nitrogen and oxygen atoms in total. The molecule has 0 saturated heterocycles. The molecule has 5 heteroatoms. The normalized spacial score (nSPS) is 16.5. The highest BCUT2D eigenvalue weighted by Crippen LogP contribution is 2.32. The summed E-state index contributed by atoms with van der Waals surface area (Å²) in [5.74, 6) is 0.385. The summed E-state index contributed by atoms with van der Waals surface area (Å²) in [5.41, 5.74) is 1.98. The van der Waals surface area contributed by atoms with Gasteiger partial charge in [-0.2, -0.15) is 5.06 Å². The van der Waals surface area contributed by atoms with Crippen LogP contribution in [0.3, 0.4) is 0 Å². The lowest BCUT2D eigenvalue weighted by molar-refractivity contribution is -0.0851. The molecule has 0 saturated carbocycles. The van der Waals surface area contributed by atoms with Crippen LogP contribution in [0.15, 0.2) is 48.5 Å². The molecule has 0 unspecified atom stereocenters. The van der Waals surface area contributed by atoms with E-state index in [0.29, 0.717) is 12.2 Å². The van der Waals surface area contributed by atoms with E-state index in [0.717, 1.165) is 41.3 Å². The molecule has 0 radical (unpaired) electrons. The van der Waals surface area contributed by atoms with Crippen LogP contribution in [0.25, 0.3) is 0 Å². The Hall–Kier alpha value is -2.53. The third-order valence-electron chi connectivity index (χ3n) is 4.11. The standard InChI is InChI=1S/C19H22N2O3/c1-2-3-6-13-24-15-11-9-14(10-12-15)18-20-17-8-5-4-7-16(17)19(22)21(18)23/h4-5,7-12,18,20,23H,2-3,6,13H2,1H3/t18-/m0/s1. The topological polar surface area (TPSA) is 61.8 Å². The number of rotatable bonds is 6. The fourth-order valence-electron chi connectivity index (χ4n) is 2.76. The predicted octanol–water partition coefficient (Wildman–Crippen LogP) is 4.21. The van der Waals surface area contributed by atoms with Crippen molar-refractivity contribution in [2.45, 2.75) is 32.4 Å². The molecule has 2 aromatic carbocycles. The van der Waals surface area contributed by atoms with Crippen LogP contribution in [-0.4, -0.2) is 22.8 Å². The number of carbonyl (C=O) groups is 1. The average Bonchev–Trinajstić information content (AvgIpc) is 2.62. The van der Waals surface area contributed by atoms with Crippen LogP contribution in [0, 0.1) is 0 Å². The monoisotopic (exact) mass is 326 g/mol. The molecule has 24 heavy (non-hydrogen) atoms. The summed E-state index contributed by atoms with van der Waals surface area (Å²) in [6.07, 6.45) is 2.75. The van der Waals surface area contributed by atoms with E-state index in [-0.39, 0.29) is 0 Å². The number of nitrogens with zero attached hydrogens (tertiary/aromatic N) is 1. The fraction of sp³-hybridized carbons (Fsp3) is 0.316. The molecule has 2 aromatic rings. The Morgan fingerprint density at radius 1 is 1.12 bits per heavy atom. The van der Waals surface area contributed by atoms with Crippen LogP contribution in [0.4, 0.5) is 5.69 Å². The van der Waals surface area contributed by atoms with E-state index in [4.69, 9.17) is 4.74 Å². The summed E-state index contributed by atoms with van der Waals surface area (Å²) >= 11 is 0. The highest BCUT2D eigenvalue weighted by Gasteiger charge is 2.31. The second-order valence-electron chi connectivity index (χ2n) is 5.87. The minimum Gasteiger partial charge on any atom is -0.494 e. The second-order valence-corrected chi connectivity index (χ2v) is 5.87. The first-order valence-corrected chi connectivity index (χ1v) is 8.31. The van der Waals surface area contributed by atoms with Gasteiger partial charge in [-0.1, -0.05) is 44.0 Å². The maximum atomic E-state index is 12.3. The lowest BCUT2D eigenvalue weighted by Crippen LogP contribution is -2.40. The maximum Gasteiger partial charge on any atom is 0.281 e. The number of hydrogen-bond acceptors (Lipinski definition) is 4. The molecule has 0 aliphatic carbocycles. The fourth-order valence-corrected chi connectivity index (χ4v) is 2.76. The highest BCUT2D eigenvalue weighted by molar-refractivity contribution is 6.00. The third-order valence-corrected chi connectivity index (χ3v) is 4.11. The molecule has 2 N–H and O–H groups in total. The Balaban J connectivity index is 1.71. The lowest BCUT2D eigenvalue weighted by Gasteiger charge is -2.33. The minimum atomic E-state index is -0.610. The van der Waals surface area contributed by atoms with Gasteiger partial charge in [-0.25, -0.2) is 0 Å². The van der Waals surface area contributed by atoms with Gasteiger partial charge in [-0.3, -0.25) is 10.0 Å². The van der Waals surface area contributed by atoms with Crippen LogP contribution in [0.2, 0.25) is 0 Å². The smallest absolute Gasteiger partial charge is 0.281 e. The molecule has 0 fully saturated rings. The van der Waals surface area contributed by atoms with Gasteiger partial charge in [0, 0.05) is 5.69 Å². The number of carbonyl (C=O) groups excluding carboxylic acids is 1. The van der Waals surface area contributed by atoms with Crippen molar-refractivity contribution in [3.05, 3.63) is 59.7 Å². The average molecular weight is 326 g/mol. The molecule has 126 valence electrons. The van der Waals surface area contributed by atoms with E-state index in [2.05, 4.69) is 12.2 Å². The van der Waals surface area contributed by atoms with Crippen LogP contribution < -0.4 is 10.1 Å². The summed E-state index contributed by atoms with van der Waals surface area (Å²) in [6.45, 7) is 2.86. The number of para-hydroxylation sites is 1. The molecule has 1 amide bonds. The molecule has 1 aliphatic rings. The second kappa shape index (κ2) is 7.36. The van der Waals surface area contributed by atoms with Crippen molar-refractivity contribution in [2.24, 2.45) is 0 Å². The zero-order chi connectivity index (χ0) is 16.9. The van der Waals surface area contributed by atoms with Crippen molar-refractivity contribution in [1.82, 2.24) is 5.06 Å². The van der Waals surface area contributed by atoms with E-state index in [1.54, 1.807) is 12.1 Å². The summed E-state index contributed by atoms with van der Waals surface area (Å²) in [4.78, 5) is 12.3. The number of fused-ring (bicyclic) bond motifs is 1. The number of amides is 1. The molecule has 1 heterocycles. The van der Waals surface area contributed by atoms with Crippen LogP contribution in [-0.2, 0) is 0 Å². The zero-order valence-corrected chi connectivity index (χ0v) is 13.7. The predicted molar refractivity (Wildman–Crippen MR) is 92.2 cm³/mol. The first kappa shape index (κ1) is 16.3. The van der Waals surface area contributed by atoms with Crippen LogP contribution in [0.5, 0.6) is 5.75 Å². The Morgan fingerprint density at radius 3 is 2.62 bits per heavy atom. The zero-order valence-electron chi connectivity index (χ0n) is 13.7. The molecule has 0 spiro atoms. The summed E-state index contributed by atoms with van der Waals surface area (Å²) in [5, 5.41) is 14.1. The van der Waals surface area contributed by atoms with Crippen molar-refractivity contribution in [1.29, 1.82) is 0 Å². The van der Waals surface area contributed by atoms with E-state index in [1.165, 1.54) is 0 Å². The van der Waals surface area contributed by atoms with Gasteiger partial charge in [0.05, 0.1) is 12.2 Å². The first-order valence-electron chi connectivity index (χ1n) is 8.31. The van der Waals surface area contributed by atoms with Gasteiger partial charge in [0.25, 0.3) is 5.91 Å². The number of hydroxylamine groups is 2. The van der Waals surface area contributed by atoms with Gasteiger partial charge in [0.15, 0.2) is 6.17 Å². The number of benzene rings is 2. The molecular weight excluding hydrogens is 304 g/mol.